The highest BCUT2D eigenvalue weighted by Crippen LogP contribution is 2.39. The highest BCUT2D eigenvalue weighted by atomic mass is 19.1. The van der Waals surface area contributed by atoms with Crippen molar-refractivity contribution >= 4 is 17.5 Å². The van der Waals surface area contributed by atoms with E-state index in [2.05, 4.69) is 43.8 Å². The summed E-state index contributed by atoms with van der Waals surface area (Å²) in [5.41, 5.74) is 5.60. The van der Waals surface area contributed by atoms with Crippen molar-refractivity contribution in [3.8, 4) is 0 Å². The second kappa shape index (κ2) is 10.5. The van der Waals surface area contributed by atoms with Crippen LogP contribution < -0.4 is 0 Å². The lowest BCUT2D eigenvalue weighted by Crippen LogP contribution is -2.17. The van der Waals surface area contributed by atoms with E-state index in [9.17, 15) is 14.0 Å². The smallest absolute Gasteiger partial charge is 0.328 e. The van der Waals surface area contributed by atoms with E-state index in [4.69, 9.17) is 10.2 Å². The predicted octanol–water partition coefficient (Wildman–Crippen LogP) is 4.19. The molecule has 1 atom stereocenters. The molecule has 2 aromatic rings. The zero-order chi connectivity index (χ0) is 22.3. The predicted molar refractivity (Wildman–Crippen MR) is 115 cm³/mol. The molecule has 0 radical (unpaired) electrons. The largest absolute Gasteiger partial charge is 0.478 e. The highest BCUT2D eigenvalue weighted by Gasteiger charge is 2.24. The van der Waals surface area contributed by atoms with Crippen LogP contribution in [0.1, 0.15) is 34.6 Å². The average molecular weight is 411 g/mol. The van der Waals surface area contributed by atoms with Gasteiger partial charge in [0.1, 0.15) is 5.82 Å². The van der Waals surface area contributed by atoms with Crippen molar-refractivity contribution in [3.05, 3.63) is 89.3 Å². The van der Waals surface area contributed by atoms with E-state index < -0.39 is 11.9 Å². The Bertz CT molecular complexity index is 949. The van der Waals surface area contributed by atoms with Crippen LogP contribution in [0.5, 0.6) is 0 Å². The van der Waals surface area contributed by atoms with Crippen LogP contribution in [-0.4, -0.2) is 47.7 Å². The molecule has 0 saturated heterocycles. The molecule has 2 aromatic carbocycles. The number of carboxylic acid groups (broad SMARTS) is 2. The van der Waals surface area contributed by atoms with E-state index >= 15 is 0 Å². The lowest BCUT2D eigenvalue weighted by molar-refractivity contribution is -0.134. The Kier molecular flexibility index (Phi) is 8.07. The van der Waals surface area contributed by atoms with Crippen molar-refractivity contribution in [1.82, 2.24) is 4.90 Å². The number of carboxylic acids is 2. The Hall–Kier alpha value is -3.25. The molecule has 2 N–H and O–H groups in total. The van der Waals surface area contributed by atoms with Gasteiger partial charge in [-0.2, -0.15) is 0 Å². The molecule has 5 nitrogen and oxygen atoms in total. The van der Waals surface area contributed by atoms with Crippen LogP contribution in [-0.2, 0) is 16.0 Å². The summed E-state index contributed by atoms with van der Waals surface area (Å²) in [6, 6.07) is 13.5. The maximum atomic E-state index is 13.7. The topological polar surface area (TPSA) is 77.8 Å². The van der Waals surface area contributed by atoms with Gasteiger partial charge in [-0.15, -0.1) is 0 Å². The van der Waals surface area contributed by atoms with E-state index in [-0.39, 0.29) is 5.82 Å². The van der Waals surface area contributed by atoms with Crippen molar-refractivity contribution < 1.29 is 24.2 Å². The third-order valence-corrected chi connectivity index (χ3v) is 4.88. The first kappa shape index (κ1) is 23.0. The zero-order valence-corrected chi connectivity index (χ0v) is 17.1. The zero-order valence-electron chi connectivity index (χ0n) is 17.1. The fourth-order valence-electron chi connectivity index (χ4n) is 3.47. The van der Waals surface area contributed by atoms with Crippen molar-refractivity contribution in [2.24, 2.45) is 0 Å². The van der Waals surface area contributed by atoms with Crippen LogP contribution in [0, 0.1) is 5.82 Å². The minimum Gasteiger partial charge on any atom is -0.478 e. The summed E-state index contributed by atoms with van der Waals surface area (Å²) in [6.07, 6.45) is 3.15. The van der Waals surface area contributed by atoms with Gasteiger partial charge in [0.25, 0.3) is 0 Å². The highest BCUT2D eigenvalue weighted by molar-refractivity contribution is 5.89. The fourth-order valence-corrected chi connectivity index (χ4v) is 3.47. The summed E-state index contributed by atoms with van der Waals surface area (Å²) in [6.45, 7) is 5.29. The molecule has 0 heterocycles. The molecular weight excluding hydrogens is 385 g/mol. The fraction of sp³-hybridized carbons (Fsp3) is 0.250. The molecule has 0 amide bonds. The summed E-state index contributed by atoms with van der Waals surface area (Å²) in [7, 11) is 4.20. The molecule has 3 rings (SSSR count). The quantitative estimate of drug-likeness (QED) is 0.722. The minimum atomic E-state index is -1.26. The molecule has 30 heavy (non-hydrogen) atoms. The van der Waals surface area contributed by atoms with Crippen LogP contribution in [0.15, 0.2) is 61.2 Å². The van der Waals surface area contributed by atoms with E-state index in [1.54, 1.807) is 12.1 Å². The van der Waals surface area contributed by atoms with Crippen molar-refractivity contribution in [2.45, 2.75) is 18.8 Å². The summed E-state index contributed by atoms with van der Waals surface area (Å²) in [5, 5.41) is 15.6. The molecule has 158 valence electrons. The van der Waals surface area contributed by atoms with Gasteiger partial charge in [0.15, 0.2) is 0 Å². The summed E-state index contributed by atoms with van der Waals surface area (Å²) >= 11 is 0. The summed E-state index contributed by atoms with van der Waals surface area (Å²) in [4.78, 5) is 21.3. The van der Waals surface area contributed by atoms with Crippen molar-refractivity contribution in [3.63, 3.8) is 0 Å². The van der Waals surface area contributed by atoms with Gasteiger partial charge in [0.2, 0.25) is 0 Å². The molecule has 6 heteroatoms. The Labute approximate surface area is 175 Å². The Morgan fingerprint density at radius 2 is 1.73 bits per heavy atom. The number of aliphatic carboxylic acids is 2. The minimum absolute atomic E-state index is 0.191. The Balaban J connectivity index is 0.000000343. The van der Waals surface area contributed by atoms with Crippen LogP contribution in [0.4, 0.5) is 4.39 Å². The van der Waals surface area contributed by atoms with Gasteiger partial charge in [-0.1, -0.05) is 36.9 Å². The van der Waals surface area contributed by atoms with E-state index in [1.165, 1.54) is 11.1 Å². The third kappa shape index (κ3) is 6.39. The van der Waals surface area contributed by atoms with Gasteiger partial charge >= 0.3 is 11.9 Å². The average Bonchev–Trinajstić information content (AvgIpc) is 2.81. The molecule has 1 aliphatic rings. The number of halogens is 1. The maximum absolute atomic E-state index is 13.7. The second-order valence-corrected chi connectivity index (χ2v) is 7.37. The number of carbonyl (C=O) groups is 2. The molecular formula is C24H26FNO4. The molecule has 0 bridgehead atoms. The van der Waals surface area contributed by atoms with E-state index in [0.717, 1.165) is 36.1 Å². The molecule has 1 aliphatic carbocycles. The first-order valence-corrected chi connectivity index (χ1v) is 9.54. The van der Waals surface area contributed by atoms with Crippen LogP contribution in [0.25, 0.3) is 5.57 Å². The number of hydrogen-bond acceptors (Lipinski definition) is 3. The molecule has 0 saturated carbocycles. The molecule has 0 spiro atoms. The number of benzene rings is 2. The van der Waals surface area contributed by atoms with Gasteiger partial charge in [0, 0.05) is 12.2 Å². The third-order valence-electron chi connectivity index (χ3n) is 4.88. The number of rotatable bonds is 5. The molecule has 0 aliphatic heterocycles. The van der Waals surface area contributed by atoms with Crippen LogP contribution >= 0.6 is 0 Å². The standard InChI is InChI=1S/C20H22FN.C4H4O4/c1-14-18-6-4-5-7-19(18)16(10-11-22(2)3)12-15-8-9-17(21)13-20(14)15;5-3(6)1-2-4(7)8/h4-9,13,16H,1,10-12H2,2-3H3;1-2H,(H,5,6)(H,7,8)/b;2-1+. The maximum Gasteiger partial charge on any atom is 0.328 e. The van der Waals surface area contributed by atoms with E-state index in [1.807, 2.05) is 12.1 Å². The Morgan fingerprint density at radius 3 is 2.33 bits per heavy atom. The first-order chi connectivity index (χ1) is 14.2. The number of fused-ring (bicyclic) bond motifs is 2. The summed E-state index contributed by atoms with van der Waals surface area (Å²) < 4.78 is 13.7. The SMILES string of the molecule is C=C1c2cc(F)ccc2CC(CCN(C)C)c2ccccc21.O=C(O)/C=C/C(=O)O. The lowest BCUT2D eigenvalue weighted by atomic mass is 9.88. The van der Waals surface area contributed by atoms with Crippen molar-refractivity contribution in [2.75, 3.05) is 20.6 Å². The molecule has 1 unspecified atom stereocenters. The molecule has 0 aromatic heterocycles. The first-order valence-electron chi connectivity index (χ1n) is 9.54. The van der Waals surface area contributed by atoms with Crippen LogP contribution in [0.2, 0.25) is 0 Å². The lowest BCUT2D eigenvalue weighted by Gasteiger charge is -2.20. The summed E-state index contributed by atoms with van der Waals surface area (Å²) in [5.74, 6) is -2.26. The van der Waals surface area contributed by atoms with Crippen molar-refractivity contribution in [1.29, 1.82) is 0 Å². The monoisotopic (exact) mass is 411 g/mol. The van der Waals surface area contributed by atoms with E-state index in [0.29, 0.717) is 18.1 Å². The van der Waals surface area contributed by atoms with Gasteiger partial charge < -0.3 is 15.1 Å². The van der Waals surface area contributed by atoms with Gasteiger partial charge in [-0.25, -0.2) is 14.0 Å². The van der Waals surface area contributed by atoms with Gasteiger partial charge in [-0.3, -0.25) is 0 Å². The molecule has 0 fully saturated rings. The normalized spacial score (nSPS) is 15.1. The van der Waals surface area contributed by atoms with Crippen LogP contribution in [0.3, 0.4) is 0 Å². The van der Waals surface area contributed by atoms with Gasteiger partial charge in [-0.05, 0) is 79.4 Å². The number of hydrogen-bond donors (Lipinski definition) is 2. The van der Waals surface area contributed by atoms with Gasteiger partial charge in [0.05, 0.1) is 0 Å². The number of nitrogens with zero attached hydrogens (tertiary/aromatic N) is 1. The Morgan fingerprint density at radius 1 is 1.10 bits per heavy atom. The second-order valence-electron chi connectivity index (χ2n) is 7.37.